The minimum Gasteiger partial charge on any atom is -0.483 e. The van der Waals surface area contributed by atoms with Crippen molar-refractivity contribution >= 4 is 17.6 Å². The Balaban J connectivity index is 2.14. The summed E-state index contributed by atoms with van der Waals surface area (Å²) >= 11 is 6.36. The number of hydrogen-bond acceptors (Lipinski definition) is 2. The third-order valence-corrected chi connectivity index (χ3v) is 6.22. The van der Waals surface area contributed by atoms with Crippen molar-refractivity contribution < 1.29 is 41.0 Å². The fraction of sp³-hybridized carbons (Fsp3) is 0.409. The molecular formula is C22H19ClF6O3. The van der Waals surface area contributed by atoms with Crippen molar-refractivity contribution in [1.29, 1.82) is 0 Å². The second-order valence-electron chi connectivity index (χ2n) is 7.73. The molecule has 0 spiro atoms. The zero-order chi connectivity index (χ0) is 23.9. The van der Waals surface area contributed by atoms with Gasteiger partial charge < -0.3 is 9.84 Å². The van der Waals surface area contributed by atoms with E-state index < -0.39 is 35.9 Å². The molecule has 0 bridgehead atoms. The van der Waals surface area contributed by atoms with Crippen LogP contribution in [0.15, 0.2) is 36.4 Å². The number of carboxylic acids is 1. The number of ether oxygens (including phenoxy) is 1. The third-order valence-electron chi connectivity index (χ3n) is 5.92. The van der Waals surface area contributed by atoms with Crippen LogP contribution >= 0.6 is 11.6 Å². The summed E-state index contributed by atoms with van der Waals surface area (Å²) in [7, 11) is 0. The lowest BCUT2D eigenvalue weighted by molar-refractivity contribution is -0.154. The fourth-order valence-electron chi connectivity index (χ4n) is 4.19. The predicted octanol–water partition coefficient (Wildman–Crippen LogP) is 7.11. The van der Waals surface area contributed by atoms with Gasteiger partial charge >= 0.3 is 18.3 Å². The van der Waals surface area contributed by atoms with E-state index in [1.54, 1.807) is 0 Å². The highest BCUT2D eigenvalue weighted by Crippen LogP contribution is 2.53. The van der Waals surface area contributed by atoms with E-state index in [-0.39, 0.29) is 39.8 Å². The summed E-state index contributed by atoms with van der Waals surface area (Å²) in [6.45, 7) is 0.151. The molecule has 3 nitrogen and oxygen atoms in total. The van der Waals surface area contributed by atoms with E-state index in [0.717, 1.165) is 24.3 Å². The molecule has 1 fully saturated rings. The van der Waals surface area contributed by atoms with E-state index in [9.17, 15) is 36.2 Å². The molecule has 0 aliphatic heterocycles. The molecule has 1 N–H and O–H groups in total. The zero-order valence-electron chi connectivity index (χ0n) is 16.8. The first-order valence-electron chi connectivity index (χ1n) is 9.74. The monoisotopic (exact) mass is 480 g/mol. The minimum absolute atomic E-state index is 0.0405. The molecule has 1 aliphatic carbocycles. The van der Waals surface area contributed by atoms with Gasteiger partial charge in [0.25, 0.3) is 0 Å². The van der Waals surface area contributed by atoms with Crippen LogP contribution in [0.1, 0.15) is 37.3 Å². The first-order chi connectivity index (χ1) is 14.8. The molecule has 2 unspecified atom stereocenters. The van der Waals surface area contributed by atoms with Crippen molar-refractivity contribution in [3.8, 4) is 16.9 Å². The highest BCUT2D eigenvalue weighted by atomic mass is 35.5. The molecule has 2 atom stereocenters. The molecule has 0 radical (unpaired) electrons. The lowest BCUT2D eigenvalue weighted by atomic mass is 9.55. The molecule has 32 heavy (non-hydrogen) atoms. The minimum atomic E-state index is -4.69. The first-order valence-corrected chi connectivity index (χ1v) is 10.1. The summed E-state index contributed by atoms with van der Waals surface area (Å²) in [4.78, 5) is 12.1. The second-order valence-corrected chi connectivity index (χ2v) is 8.14. The Hall–Kier alpha value is -2.42. The maximum Gasteiger partial charge on any atom is 0.422 e. The molecule has 0 amide bonds. The third kappa shape index (κ3) is 4.53. The average Bonchev–Trinajstić information content (AvgIpc) is 2.64. The molecule has 0 aromatic heterocycles. The molecule has 10 heteroatoms. The van der Waals surface area contributed by atoms with E-state index in [1.807, 2.05) is 6.92 Å². The van der Waals surface area contributed by atoms with Crippen LogP contribution < -0.4 is 4.74 Å². The molecule has 1 aliphatic rings. The van der Waals surface area contributed by atoms with Crippen LogP contribution in [0.25, 0.3) is 11.1 Å². The summed E-state index contributed by atoms with van der Waals surface area (Å²) in [5.41, 5.74) is -1.97. The Labute approximate surface area is 184 Å². The van der Waals surface area contributed by atoms with E-state index in [4.69, 9.17) is 16.3 Å². The number of aliphatic carboxylic acids is 1. The number of alkyl halides is 6. The van der Waals surface area contributed by atoms with E-state index in [2.05, 4.69) is 0 Å². The fourth-order valence-corrected chi connectivity index (χ4v) is 4.51. The van der Waals surface area contributed by atoms with Crippen molar-refractivity contribution in [2.24, 2.45) is 5.92 Å². The van der Waals surface area contributed by atoms with Crippen molar-refractivity contribution in [3.05, 3.63) is 52.5 Å². The van der Waals surface area contributed by atoms with Gasteiger partial charge in [-0.15, -0.1) is 0 Å². The van der Waals surface area contributed by atoms with Gasteiger partial charge in [0.2, 0.25) is 0 Å². The van der Waals surface area contributed by atoms with Gasteiger partial charge in [0.15, 0.2) is 6.61 Å². The highest BCUT2D eigenvalue weighted by molar-refractivity contribution is 6.33. The van der Waals surface area contributed by atoms with Crippen LogP contribution in [0.5, 0.6) is 5.75 Å². The highest BCUT2D eigenvalue weighted by Gasteiger charge is 2.53. The van der Waals surface area contributed by atoms with E-state index in [1.165, 1.54) is 12.1 Å². The number of carbonyl (C=O) groups is 1. The van der Waals surface area contributed by atoms with Gasteiger partial charge in [-0.2, -0.15) is 26.3 Å². The predicted molar refractivity (Wildman–Crippen MR) is 106 cm³/mol. The Kier molecular flexibility index (Phi) is 6.43. The molecular weight excluding hydrogens is 462 g/mol. The second kappa shape index (κ2) is 8.50. The number of halogens is 7. The van der Waals surface area contributed by atoms with Crippen molar-refractivity contribution in [3.63, 3.8) is 0 Å². The molecule has 0 heterocycles. The Morgan fingerprint density at radius 1 is 1.16 bits per heavy atom. The Morgan fingerprint density at radius 2 is 1.78 bits per heavy atom. The topological polar surface area (TPSA) is 46.5 Å². The smallest absolute Gasteiger partial charge is 0.422 e. The average molecular weight is 481 g/mol. The molecule has 2 aromatic rings. The van der Waals surface area contributed by atoms with Gasteiger partial charge in [0.05, 0.1) is 16.0 Å². The standard InChI is InChI=1S/C22H19ClF6O3/c1-2-13-7-8-20(13,19(30)31)15-9-16(23)18(17(10-15)32-11-21(24,25)26)12-3-5-14(6-4-12)22(27,28)29/h3-6,9-10,13H,2,7-8,11H2,1H3,(H,30,31). The maximum atomic E-state index is 12.9. The van der Waals surface area contributed by atoms with Gasteiger partial charge in [-0.1, -0.05) is 37.1 Å². The van der Waals surface area contributed by atoms with E-state index in [0.29, 0.717) is 12.8 Å². The molecule has 1 saturated carbocycles. The van der Waals surface area contributed by atoms with Gasteiger partial charge in [-0.05, 0) is 54.2 Å². The van der Waals surface area contributed by atoms with Crippen molar-refractivity contribution in [2.45, 2.75) is 44.0 Å². The van der Waals surface area contributed by atoms with Crippen LogP contribution in [0.4, 0.5) is 26.3 Å². The van der Waals surface area contributed by atoms with Crippen LogP contribution in [-0.2, 0) is 16.4 Å². The molecule has 2 aromatic carbocycles. The summed E-state index contributed by atoms with van der Waals surface area (Å²) < 4.78 is 82.1. The SMILES string of the molecule is CCC1CCC1(C(=O)O)c1cc(Cl)c(-c2ccc(C(F)(F)F)cc2)c(OCC(F)(F)F)c1. The van der Waals surface area contributed by atoms with E-state index >= 15 is 0 Å². The zero-order valence-corrected chi connectivity index (χ0v) is 17.5. The molecule has 174 valence electrons. The van der Waals surface area contributed by atoms with Crippen molar-refractivity contribution in [2.75, 3.05) is 6.61 Å². The van der Waals surface area contributed by atoms with Gasteiger partial charge in [-0.25, -0.2) is 0 Å². The van der Waals surface area contributed by atoms with Gasteiger partial charge in [-0.3, -0.25) is 4.79 Å². The lowest BCUT2D eigenvalue weighted by Crippen LogP contribution is -2.50. The summed E-state index contributed by atoms with van der Waals surface area (Å²) in [5.74, 6) is -1.69. The number of carboxylic acid groups (broad SMARTS) is 1. The maximum absolute atomic E-state index is 12.9. The Morgan fingerprint density at radius 3 is 2.22 bits per heavy atom. The normalized spacial score (nSPS) is 21.2. The molecule has 3 rings (SSSR count). The first kappa shape index (κ1) is 24.2. The van der Waals surface area contributed by atoms with Crippen LogP contribution in [0.3, 0.4) is 0 Å². The van der Waals surface area contributed by atoms with Crippen LogP contribution in [-0.4, -0.2) is 23.9 Å². The van der Waals surface area contributed by atoms with Gasteiger partial charge in [0.1, 0.15) is 5.75 Å². The number of hydrogen-bond donors (Lipinski definition) is 1. The van der Waals surface area contributed by atoms with Crippen LogP contribution in [0, 0.1) is 5.92 Å². The van der Waals surface area contributed by atoms with Crippen LogP contribution in [0.2, 0.25) is 5.02 Å². The molecule has 0 saturated heterocycles. The number of benzene rings is 2. The quantitative estimate of drug-likeness (QED) is 0.448. The van der Waals surface area contributed by atoms with Gasteiger partial charge in [0, 0.05) is 5.56 Å². The summed E-state index contributed by atoms with van der Waals surface area (Å²) in [6.07, 6.45) is -7.81. The lowest BCUT2D eigenvalue weighted by Gasteiger charge is -2.46. The van der Waals surface area contributed by atoms with Crippen molar-refractivity contribution in [1.82, 2.24) is 0 Å². The Bertz CT molecular complexity index is 998. The number of rotatable bonds is 6. The summed E-state index contributed by atoms with van der Waals surface area (Å²) in [6, 6.07) is 6.28. The largest absolute Gasteiger partial charge is 0.483 e. The summed E-state index contributed by atoms with van der Waals surface area (Å²) in [5, 5.41) is 9.79.